The van der Waals surface area contributed by atoms with E-state index in [0.29, 0.717) is 0 Å². The summed E-state index contributed by atoms with van der Waals surface area (Å²) in [6.45, 7) is 0. The molecule has 0 saturated carbocycles. The Hall–Kier alpha value is -6.36. The van der Waals surface area contributed by atoms with Gasteiger partial charge in [0, 0.05) is 51.1 Å². The van der Waals surface area contributed by atoms with Crippen molar-refractivity contribution < 1.29 is 0 Å². The molecule has 13 aromatic rings. The van der Waals surface area contributed by atoms with Crippen LogP contribution in [0.3, 0.4) is 0 Å². The van der Waals surface area contributed by atoms with E-state index >= 15 is 0 Å². The van der Waals surface area contributed by atoms with Crippen LogP contribution in [0.2, 0.25) is 0 Å². The van der Waals surface area contributed by atoms with Gasteiger partial charge in [0.05, 0.1) is 9.40 Å². The van der Waals surface area contributed by atoms with Crippen LogP contribution in [0.1, 0.15) is 0 Å². The molecular formula is C54H30S3. The van der Waals surface area contributed by atoms with E-state index in [1.165, 1.54) is 126 Å². The highest BCUT2D eigenvalue weighted by atomic mass is 32.1. The summed E-state index contributed by atoms with van der Waals surface area (Å²) < 4.78 is 8.16. The average Bonchev–Trinajstić information content (AvgIpc) is 3.96. The third kappa shape index (κ3) is 4.59. The molecule has 0 aliphatic rings. The second-order valence-corrected chi connectivity index (χ2v) is 18.3. The van der Waals surface area contributed by atoms with Crippen LogP contribution in [0, 0.1) is 0 Å². The second kappa shape index (κ2) is 12.1. The molecule has 3 aromatic heterocycles. The summed E-state index contributed by atoms with van der Waals surface area (Å²) in [6.07, 6.45) is 0. The molecule has 0 N–H and O–H groups in total. The summed E-state index contributed by atoms with van der Waals surface area (Å²) >= 11 is 5.75. The van der Waals surface area contributed by atoms with Crippen LogP contribution in [-0.2, 0) is 0 Å². The molecule has 0 bridgehead atoms. The van der Waals surface area contributed by atoms with E-state index in [1.807, 2.05) is 34.0 Å². The number of thiophene rings is 3. The Kier molecular flexibility index (Phi) is 6.73. The van der Waals surface area contributed by atoms with E-state index in [-0.39, 0.29) is 0 Å². The Morgan fingerprint density at radius 3 is 1.37 bits per heavy atom. The highest BCUT2D eigenvalue weighted by Gasteiger charge is 2.20. The monoisotopic (exact) mass is 774 g/mol. The molecule has 0 aliphatic heterocycles. The maximum Gasteiger partial charge on any atom is 0.0534 e. The van der Waals surface area contributed by atoms with Crippen molar-refractivity contribution in [2.45, 2.75) is 0 Å². The highest BCUT2D eigenvalue weighted by molar-refractivity contribution is 7.33. The van der Waals surface area contributed by atoms with Crippen LogP contribution in [0.4, 0.5) is 0 Å². The fourth-order valence-electron chi connectivity index (χ4n) is 9.57. The Labute approximate surface area is 340 Å². The van der Waals surface area contributed by atoms with Crippen molar-refractivity contribution in [1.82, 2.24) is 0 Å². The van der Waals surface area contributed by atoms with Crippen molar-refractivity contribution in [3.63, 3.8) is 0 Å². The first-order chi connectivity index (χ1) is 28.3. The van der Waals surface area contributed by atoms with Gasteiger partial charge in [-0.15, -0.1) is 34.0 Å². The van der Waals surface area contributed by atoms with Gasteiger partial charge in [0.2, 0.25) is 0 Å². The lowest BCUT2D eigenvalue weighted by Gasteiger charge is -2.18. The molecule has 0 radical (unpaired) electrons. The molecule has 13 rings (SSSR count). The maximum atomic E-state index is 2.45. The van der Waals surface area contributed by atoms with Crippen molar-refractivity contribution in [2.24, 2.45) is 0 Å². The van der Waals surface area contributed by atoms with E-state index in [9.17, 15) is 0 Å². The van der Waals surface area contributed by atoms with Gasteiger partial charge in [-0.05, 0) is 90.0 Å². The zero-order chi connectivity index (χ0) is 37.2. The predicted octanol–water partition coefficient (Wildman–Crippen LogP) is 17.3. The Morgan fingerprint density at radius 1 is 0.246 bits per heavy atom. The zero-order valence-corrected chi connectivity index (χ0v) is 33.0. The summed E-state index contributed by atoms with van der Waals surface area (Å²) in [6, 6.07) is 68.1. The molecule has 0 saturated heterocycles. The first-order valence-corrected chi connectivity index (χ1v) is 21.9. The number of hydrogen-bond donors (Lipinski definition) is 0. The number of rotatable bonds is 3. The standard InChI is InChI=1S/C54H30S3/c1-2-14-38-34(11-1)45(30-49-52(38)44-28-27-43-36-13-8-10-20-47(36)56-53(43)54(44)57-49)31-21-23-32(24-22-31)50-39-15-3-5-17-41(39)51(42-18-6-4-16-40(42)50)33-25-26-37-35-12-7-9-19-46(35)55-48(37)29-33/h1-30H. The van der Waals surface area contributed by atoms with Gasteiger partial charge >= 0.3 is 0 Å². The second-order valence-electron chi connectivity index (χ2n) is 15.1. The van der Waals surface area contributed by atoms with Crippen molar-refractivity contribution in [1.29, 1.82) is 0 Å². The molecule has 0 amide bonds. The summed E-state index contributed by atoms with van der Waals surface area (Å²) in [4.78, 5) is 0. The van der Waals surface area contributed by atoms with Crippen LogP contribution < -0.4 is 0 Å². The molecule has 10 aromatic carbocycles. The van der Waals surface area contributed by atoms with E-state index in [2.05, 4.69) is 182 Å². The van der Waals surface area contributed by atoms with Gasteiger partial charge in [-0.1, -0.05) is 158 Å². The van der Waals surface area contributed by atoms with E-state index in [0.717, 1.165) is 0 Å². The predicted molar refractivity (Wildman–Crippen MR) is 254 cm³/mol. The van der Waals surface area contributed by atoms with E-state index in [1.54, 1.807) is 0 Å². The van der Waals surface area contributed by atoms with E-state index < -0.39 is 0 Å². The first-order valence-electron chi connectivity index (χ1n) is 19.4. The summed E-state index contributed by atoms with van der Waals surface area (Å²) in [5.41, 5.74) is 7.61. The Morgan fingerprint density at radius 2 is 0.684 bits per heavy atom. The smallest absolute Gasteiger partial charge is 0.0534 e. The lowest BCUT2D eigenvalue weighted by atomic mass is 9.85. The molecule has 264 valence electrons. The number of hydrogen-bond acceptors (Lipinski definition) is 3. The molecule has 0 fully saturated rings. The Balaban J connectivity index is 0.988. The molecule has 3 heterocycles. The molecule has 3 heteroatoms. The fraction of sp³-hybridized carbons (Fsp3) is 0. The lowest BCUT2D eigenvalue weighted by Crippen LogP contribution is -1.91. The van der Waals surface area contributed by atoms with Gasteiger partial charge in [-0.3, -0.25) is 0 Å². The molecular weight excluding hydrogens is 745 g/mol. The summed E-state index contributed by atoms with van der Waals surface area (Å²) in [7, 11) is 0. The van der Waals surface area contributed by atoms with Gasteiger partial charge in [0.1, 0.15) is 0 Å². The van der Waals surface area contributed by atoms with Crippen LogP contribution >= 0.6 is 34.0 Å². The van der Waals surface area contributed by atoms with Crippen LogP contribution in [0.25, 0.3) is 126 Å². The molecule has 0 spiro atoms. The third-order valence-corrected chi connectivity index (χ3v) is 15.7. The fourth-order valence-corrected chi connectivity index (χ4v) is 13.3. The van der Waals surface area contributed by atoms with Crippen molar-refractivity contribution in [2.75, 3.05) is 0 Å². The minimum atomic E-state index is 1.23. The number of benzene rings is 10. The van der Waals surface area contributed by atoms with Crippen molar-refractivity contribution in [3.8, 4) is 33.4 Å². The van der Waals surface area contributed by atoms with Gasteiger partial charge < -0.3 is 0 Å². The average molecular weight is 775 g/mol. The normalized spacial score (nSPS) is 12.2. The third-order valence-electron chi connectivity index (χ3n) is 12.1. The molecule has 0 unspecified atom stereocenters. The van der Waals surface area contributed by atoms with E-state index in [4.69, 9.17) is 0 Å². The van der Waals surface area contributed by atoms with Crippen LogP contribution in [0.15, 0.2) is 182 Å². The quantitative estimate of drug-likeness (QED) is 0.157. The lowest BCUT2D eigenvalue weighted by molar-refractivity contribution is 1.65. The van der Waals surface area contributed by atoms with Gasteiger partial charge in [-0.2, -0.15) is 0 Å². The molecule has 57 heavy (non-hydrogen) atoms. The maximum absolute atomic E-state index is 2.45. The Bertz CT molecular complexity index is 3740. The van der Waals surface area contributed by atoms with Crippen molar-refractivity contribution >= 4 is 127 Å². The van der Waals surface area contributed by atoms with Gasteiger partial charge in [0.25, 0.3) is 0 Å². The molecule has 0 aliphatic carbocycles. The SMILES string of the molecule is c1ccc2c(c1)sc1cc(-c3c4ccccc4c(-c4ccc(-c5cc6sc7c(ccc8c9ccccc9sc87)c6c6ccccc56)cc4)c4ccccc34)ccc12. The zero-order valence-electron chi connectivity index (χ0n) is 30.5. The highest BCUT2D eigenvalue weighted by Crippen LogP contribution is 2.49. The first kappa shape index (κ1) is 31.8. The number of fused-ring (bicyclic) bond motifs is 14. The molecule has 0 nitrogen and oxygen atoms in total. The van der Waals surface area contributed by atoms with Gasteiger partial charge in [0.15, 0.2) is 0 Å². The van der Waals surface area contributed by atoms with Gasteiger partial charge in [-0.25, -0.2) is 0 Å². The topological polar surface area (TPSA) is 0 Å². The minimum Gasteiger partial charge on any atom is -0.135 e. The van der Waals surface area contributed by atoms with Crippen LogP contribution in [-0.4, -0.2) is 0 Å². The summed E-state index contributed by atoms with van der Waals surface area (Å²) in [5, 5.41) is 15.8. The summed E-state index contributed by atoms with van der Waals surface area (Å²) in [5.74, 6) is 0. The minimum absolute atomic E-state index is 1.23. The molecule has 0 atom stereocenters. The van der Waals surface area contributed by atoms with Crippen molar-refractivity contribution in [3.05, 3.63) is 182 Å². The largest absolute Gasteiger partial charge is 0.135 e. The van der Waals surface area contributed by atoms with Crippen LogP contribution in [0.5, 0.6) is 0 Å².